The van der Waals surface area contributed by atoms with E-state index in [9.17, 15) is 4.79 Å². The van der Waals surface area contributed by atoms with Crippen LogP contribution in [0.4, 0.5) is 0 Å². The molecule has 0 aliphatic rings. The normalized spacial score (nSPS) is 10.6. The zero-order valence-corrected chi connectivity index (χ0v) is 11.3. The van der Waals surface area contributed by atoms with Crippen LogP contribution in [0.1, 0.15) is 0 Å². The van der Waals surface area contributed by atoms with Gasteiger partial charge in [-0.05, 0) is 12.1 Å². The molecule has 0 radical (unpaired) electrons. The van der Waals surface area contributed by atoms with E-state index in [4.69, 9.17) is 46.4 Å². The summed E-state index contributed by atoms with van der Waals surface area (Å²) in [6, 6.07) is 8.80. The van der Waals surface area contributed by atoms with E-state index in [-0.39, 0.29) is 20.2 Å². The summed E-state index contributed by atoms with van der Waals surface area (Å²) in [5.41, 5.74) is 0.0697. The minimum atomic E-state index is -0.503. The molecule has 0 aliphatic heterocycles. The maximum atomic E-state index is 12.0. The average Bonchev–Trinajstić information content (AvgIpc) is 2.36. The zero-order valence-electron chi connectivity index (χ0n) is 8.25. The molecule has 0 saturated carbocycles. The molecule has 0 aliphatic carbocycles. The summed E-state index contributed by atoms with van der Waals surface area (Å²) in [5.74, 6) is 0. The van der Waals surface area contributed by atoms with Crippen molar-refractivity contribution in [1.29, 1.82) is 0 Å². The van der Waals surface area contributed by atoms with Gasteiger partial charge in [-0.1, -0.05) is 64.6 Å². The van der Waals surface area contributed by atoms with Gasteiger partial charge < -0.3 is 0 Å². The number of rotatable bonds is 1. The fourth-order valence-electron chi connectivity index (χ4n) is 1.37. The Balaban J connectivity index is 2.85. The summed E-state index contributed by atoms with van der Waals surface area (Å²) >= 11 is 23.5. The predicted molar refractivity (Wildman–Crippen MR) is 72.1 cm³/mol. The lowest BCUT2D eigenvalue weighted by Crippen LogP contribution is -2.20. The van der Waals surface area contributed by atoms with Crippen molar-refractivity contribution in [3.63, 3.8) is 0 Å². The van der Waals surface area contributed by atoms with Crippen LogP contribution < -0.4 is 5.56 Å². The third-order valence-electron chi connectivity index (χ3n) is 2.17. The smallest absolute Gasteiger partial charge is 0.267 e. The highest BCUT2D eigenvalue weighted by Gasteiger charge is 2.17. The lowest BCUT2D eigenvalue weighted by molar-refractivity contribution is 0.992. The van der Waals surface area contributed by atoms with E-state index in [1.54, 1.807) is 24.3 Å². The highest BCUT2D eigenvalue weighted by atomic mass is 35.5. The SMILES string of the molecule is O=c1c(Cl)c(Cl)c(Cl)c(Cl)n1-c1ccccc1. The van der Waals surface area contributed by atoms with Gasteiger partial charge in [-0.25, -0.2) is 0 Å². The number of para-hydroxylation sites is 1. The largest absolute Gasteiger partial charge is 0.276 e. The predicted octanol–water partition coefficient (Wildman–Crippen LogP) is 4.45. The Morgan fingerprint density at radius 2 is 1.41 bits per heavy atom. The quantitative estimate of drug-likeness (QED) is 0.713. The third-order valence-corrected chi connectivity index (χ3v) is 3.91. The zero-order chi connectivity index (χ0) is 12.6. The molecule has 0 fully saturated rings. The van der Waals surface area contributed by atoms with Crippen LogP contribution in [0.5, 0.6) is 0 Å². The summed E-state index contributed by atoms with van der Waals surface area (Å²) < 4.78 is 1.21. The van der Waals surface area contributed by atoms with Crippen molar-refractivity contribution in [1.82, 2.24) is 4.57 Å². The second-order valence-electron chi connectivity index (χ2n) is 3.21. The van der Waals surface area contributed by atoms with Gasteiger partial charge in [0.25, 0.3) is 5.56 Å². The first-order chi connectivity index (χ1) is 8.04. The van der Waals surface area contributed by atoms with Gasteiger partial charge in [-0.2, -0.15) is 0 Å². The maximum absolute atomic E-state index is 12.0. The molecule has 6 heteroatoms. The molecular weight excluding hydrogens is 304 g/mol. The van der Waals surface area contributed by atoms with Gasteiger partial charge in [0.2, 0.25) is 0 Å². The monoisotopic (exact) mass is 307 g/mol. The molecule has 0 bridgehead atoms. The van der Waals surface area contributed by atoms with Gasteiger partial charge >= 0.3 is 0 Å². The van der Waals surface area contributed by atoms with E-state index >= 15 is 0 Å². The second kappa shape index (κ2) is 4.91. The summed E-state index contributed by atoms with van der Waals surface area (Å²) in [5, 5.41) is -0.0838. The molecule has 1 heterocycles. The summed E-state index contributed by atoms with van der Waals surface area (Å²) in [6.45, 7) is 0. The molecule has 88 valence electrons. The Hall–Kier alpha value is -0.670. The number of hydrogen-bond acceptors (Lipinski definition) is 1. The van der Waals surface area contributed by atoms with Gasteiger partial charge in [-0.3, -0.25) is 9.36 Å². The lowest BCUT2D eigenvalue weighted by Gasteiger charge is -2.11. The highest BCUT2D eigenvalue weighted by Crippen LogP contribution is 2.34. The fraction of sp³-hybridized carbons (Fsp3) is 0. The van der Waals surface area contributed by atoms with Crippen LogP contribution in [-0.2, 0) is 0 Å². The van der Waals surface area contributed by atoms with E-state index in [2.05, 4.69) is 0 Å². The fourth-order valence-corrected chi connectivity index (χ4v) is 2.27. The number of pyridine rings is 1. The molecular formula is C11H5Cl4NO. The van der Waals surface area contributed by atoms with Crippen molar-refractivity contribution in [3.05, 3.63) is 60.9 Å². The molecule has 2 aromatic rings. The summed E-state index contributed by atoms with van der Waals surface area (Å²) in [4.78, 5) is 12.0. The van der Waals surface area contributed by atoms with Crippen LogP contribution in [-0.4, -0.2) is 4.57 Å². The minimum Gasteiger partial charge on any atom is -0.267 e. The van der Waals surface area contributed by atoms with E-state index in [1.807, 2.05) is 6.07 Å². The number of benzene rings is 1. The van der Waals surface area contributed by atoms with E-state index < -0.39 is 5.56 Å². The Morgan fingerprint density at radius 3 is 2.00 bits per heavy atom. The third kappa shape index (κ3) is 2.18. The van der Waals surface area contributed by atoms with Gasteiger partial charge in [0.1, 0.15) is 10.2 Å². The van der Waals surface area contributed by atoms with E-state index in [0.717, 1.165) is 0 Å². The van der Waals surface area contributed by atoms with Crippen molar-refractivity contribution in [2.24, 2.45) is 0 Å². The molecule has 0 atom stereocenters. The number of hydrogen-bond donors (Lipinski definition) is 0. The molecule has 17 heavy (non-hydrogen) atoms. The van der Waals surface area contributed by atoms with Crippen LogP contribution in [0.25, 0.3) is 5.69 Å². The highest BCUT2D eigenvalue weighted by molar-refractivity contribution is 6.51. The van der Waals surface area contributed by atoms with Crippen LogP contribution in [0.15, 0.2) is 35.1 Å². The van der Waals surface area contributed by atoms with Gasteiger partial charge in [0, 0.05) is 0 Å². The Kier molecular flexibility index (Phi) is 3.69. The molecule has 1 aromatic heterocycles. The molecule has 2 nitrogen and oxygen atoms in total. The average molecular weight is 309 g/mol. The molecule has 0 spiro atoms. The van der Waals surface area contributed by atoms with Gasteiger partial charge in [0.15, 0.2) is 0 Å². The van der Waals surface area contributed by atoms with Crippen molar-refractivity contribution in [2.75, 3.05) is 0 Å². The van der Waals surface area contributed by atoms with Gasteiger partial charge in [0.05, 0.1) is 15.7 Å². The standard InChI is InChI=1S/C11H5Cl4NO/c12-7-8(13)10(15)16(11(17)9(7)14)6-4-2-1-3-5-6/h1-5H. The Bertz CT molecular complexity index is 622. The van der Waals surface area contributed by atoms with E-state index in [1.165, 1.54) is 4.57 Å². The summed E-state index contributed by atoms with van der Waals surface area (Å²) in [6.07, 6.45) is 0. The maximum Gasteiger partial charge on any atom is 0.276 e. The van der Waals surface area contributed by atoms with Gasteiger partial charge in [-0.15, -0.1) is 0 Å². The number of nitrogens with zero attached hydrogens (tertiary/aromatic N) is 1. The van der Waals surface area contributed by atoms with Crippen molar-refractivity contribution >= 4 is 46.4 Å². The Morgan fingerprint density at radius 1 is 0.824 bits per heavy atom. The first-order valence-electron chi connectivity index (χ1n) is 4.54. The lowest BCUT2D eigenvalue weighted by atomic mass is 10.3. The van der Waals surface area contributed by atoms with Crippen LogP contribution >= 0.6 is 46.4 Å². The second-order valence-corrected chi connectivity index (χ2v) is 4.70. The van der Waals surface area contributed by atoms with Crippen molar-refractivity contribution in [3.8, 4) is 5.69 Å². The molecule has 1 aromatic carbocycles. The summed E-state index contributed by atoms with van der Waals surface area (Å²) in [7, 11) is 0. The topological polar surface area (TPSA) is 22.0 Å². The van der Waals surface area contributed by atoms with Crippen LogP contribution in [0.3, 0.4) is 0 Å². The molecule has 0 saturated heterocycles. The van der Waals surface area contributed by atoms with Crippen molar-refractivity contribution in [2.45, 2.75) is 0 Å². The Labute approximate surface area is 117 Å². The first kappa shape index (κ1) is 12.8. The molecule has 0 amide bonds. The van der Waals surface area contributed by atoms with Crippen LogP contribution in [0, 0.1) is 0 Å². The van der Waals surface area contributed by atoms with Crippen LogP contribution in [0.2, 0.25) is 20.2 Å². The van der Waals surface area contributed by atoms with E-state index in [0.29, 0.717) is 5.69 Å². The number of halogens is 4. The molecule has 0 unspecified atom stereocenters. The first-order valence-corrected chi connectivity index (χ1v) is 6.05. The van der Waals surface area contributed by atoms with Crippen molar-refractivity contribution < 1.29 is 0 Å². The minimum absolute atomic E-state index is 0.0319. The molecule has 2 rings (SSSR count). The number of aromatic nitrogens is 1. The molecule has 0 N–H and O–H groups in total.